The number of methoxy groups -OCH3 is 1. The predicted octanol–water partition coefficient (Wildman–Crippen LogP) is 3.33. The highest BCUT2D eigenvalue weighted by Gasteiger charge is 2.34. The highest BCUT2D eigenvalue weighted by atomic mass is 32.2. The Morgan fingerprint density at radius 1 is 1.31 bits per heavy atom. The lowest BCUT2D eigenvalue weighted by molar-refractivity contribution is 0.0694. The second-order valence-corrected chi connectivity index (χ2v) is 10.2. The normalized spacial score (nSPS) is 18.4. The van der Waals surface area contributed by atoms with Crippen LogP contribution in [0.1, 0.15) is 47.8 Å². The first-order valence-electron chi connectivity index (χ1n) is 10.4. The summed E-state index contributed by atoms with van der Waals surface area (Å²) in [5, 5.41) is 1.07. The molecule has 160 valence electrons. The van der Waals surface area contributed by atoms with E-state index in [9.17, 15) is 13.2 Å². The maximum Gasteiger partial charge on any atom is 0.254 e. The average molecular weight is 421 g/mol. The van der Waals surface area contributed by atoms with E-state index in [1.807, 2.05) is 18.2 Å². The van der Waals surface area contributed by atoms with Crippen LogP contribution in [0, 0.1) is 13.8 Å². The molecule has 0 bridgehead atoms. The van der Waals surface area contributed by atoms with Crippen LogP contribution in [0.3, 0.4) is 0 Å². The van der Waals surface area contributed by atoms with Crippen molar-refractivity contribution in [1.82, 2.24) is 9.47 Å². The zero-order valence-electron chi connectivity index (χ0n) is 17.9. The molecule has 1 aromatic carbocycles. The van der Waals surface area contributed by atoms with Crippen LogP contribution in [-0.4, -0.2) is 61.6 Å². The molecule has 7 heteroatoms. The summed E-state index contributed by atoms with van der Waals surface area (Å²) in [4.78, 5) is 15.2. The number of unbranched alkanes of at least 4 members (excludes halogenated alkanes) is 1. The van der Waals surface area contributed by atoms with E-state index in [0.717, 1.165) is 35.9 Å². The summed E-state index contributed by atoms with van der Waals surface area (Å²) in [6.07, 6.45) is 2.37. The maximum absolute atomic E-state index is 13.4. The molecule has 2 heterocycles. The van der Waals surface area contributed by atoms with Crippen molar-refractivity contribution < 1.29 is 17.9 Å². The first-order valence-corrected chi connectivity index (χ1v) is 12.2. The van der Waals surface area contributed by atoms with Gasteiger partial charge in [0.2, 0.25) is 0 Å². The summed E-state index contributed by atoms with van der Waals surface area (Å²) in [6.45, 7) is 8.24. The highest BCUT2D eigenvalue weighted by molar-refractivity contribution is 7.91. The summed E-state index contributed by atoms with van der Waals surface area (Å²) in [5.41, 5.74) is 4.06. The van der Waals surface area contributed by atoms with E-state index in [-0.39, 0.29) is 23.5 Å². The number of fused-ring (bicyclic) bond motifs is 1. The minimum atomic E-state index is -3.04. The van der Waals surface area contributed by atoms with E-state index in [1.165, 1.54) is 5.69 Å². The monoisotopic (exact) mass is 420 g/mol. The van der Waals surface area contributed by atoms with Crippen LogP contribution in [0.5, 0.6) is 0 Å². The van der Waals surface area contributed by atoms with Crippen molar-refractivity contribution in [3.63, 3.8) is 0 Å². The molecule has 1 saturated heterocycles. The van der Waals surface area contributed by atoms with Gasteiger partial charge in [0.25, 0.3) is 5.91 Å². The van der Waals surface area contributed by atoms with Gasteiger partial charge in [-0.25, -0.2) is 8.42 Å². The van der Waals surface area contributed by atoms with Gasteiger partial charge in [0, 0.05) is 48.4 Å². The lowest BCUT2D eigenvalue weighted by Crippen LogP contribution is -2.41. The third kappa shape index (κ3) is 4.51. The molecule has 3 rings (SSSR count). The van der Waals surface area contributed by atoms with Crippen LogP contribution >= 0.6 is 0 Å². The van der Waals surface area contributed by atoms with Crippen molar-refractivity contribution in [2.75, 3.05) is 31.8 Å². The zero-order valence-corrected chi connectivity index (χ0v) is 18.7. The van der Waals surface area contributed by atoms with Crippen LogP contribution in [0.25, 0.3) is 10.9 Å². The topological polar surface area (TPSA) is 68.6 Å². The molecule has 1 aromatic heterocycles. The third-order valence-electron chi connectivity index (χ3n) is 6.07. The van der Waals surface area contributed by atoms with Crippen molar-refractivity contribution in [3.05, 3.63) is 35.0 Å². The largest absolute Gasteiger partial charge is 0.383 e. The lowest BCUT2D eigenvalue weighted by atomic mass is 10.1. The average Bonchev–Trinajstić information content (AvgIpc) is 3.17. The molecule has 1 fully saturated rings. The van der Waals surface area contributed by atoms with Gasteiger partial charge < -0.3 is 14.2 Å². The molecule has 1 amide bonds. The molecule has 0 spiro atoms. The maximum atomic E-state index is 13.4. The quantitative estimate of drug-likeness (QED) is 0.657. The number of carbonyl (C=O) groups is 1. The third-order valence-corrected chi connectivity index (χ3v) is 7.82. The Hall–Kier alpha value is -1.86. The summed E-state index contributed by atoms with van der Waals surface area (Å²) in [7, 11) is -1.35. The summed E-state index contributed by atoms with van der Waals surface area (Å²) < 4.78 is 31.4. The second kappa shape index (κ2) is 8.88. The van der Waals surface area contributed by atoms with E-state index in [1.54, 1.807) is 12.0 Å². The van der Waals surface area contributed by atoms with Gasteiger partial charge in [-0.3, -0.25) is 4.79 Å². The number of aromatic nitrogens is 1. The van der Waals surface area contributed by atoms with E-state index >= 15 is 0 Å². The van der Waals surface area contributed by atoms with Gasteiger partial charge >= 0.3 is 0 Å². The van der Waals surface area contributed by atoms with Gasteiger partial charge in [-0.05, 0) is 50.5 Å². The van der Waals surface area contributed by atoms with Crippen molar-refractivity contribution in [2.24, 2.45) is 0 Å². The SMILES string of the molecule is CCCCN(C(=O)c1ccc2c(c1)c(C)c(C)n2CCOC)C1CCS(=O)(=O)C1. The molecule has 0 N–H and O–H groups in total. The van der Waals surface area contributed by atoms with Gasteiger partial charge in [0.15, 0.2) is 9.84 Å². The second-order valence-electron chi connectivity index (χ2n) is 8.00. The number of sulfone groups is 1. The fourth-order valence-corrected chi connectivity index (χ4v) is 5.95. The van der Waals surface area contributed by atoms with Crippen molar-refractivity contribution in [1.29, 1.82) is 0 Å². The summed E-state index contributed by atoms with van der Waals surface area (Å²) >= 11 is 0. The van der Waals surface area contributed by atoms with E-state index in [4.69, 9.17) is 4.74 Å². The molecule has 1 unspecified atom stereocenters. The Kier molecular flexibility index (Phi) is 6.69. The zero-order chi connectivity index (χ0) is 21.2. The molecule has 2 aromatic rings. The smallest absolute Gasteiger partial charge is 0.254 e. The van der Waals surface area contributed by atoms with Crippen molar-refractivity contribution >= 4 is 26.6 Å². The van der Waals surface area contributed by atoms with Crippen LogP contribution < -0.4 is 0 Å². The molecule has 0 radical (unpaired) electrons. The number of nitrogens with zero attached hydrogens (tertiary/aromatic N) is 2. The van der Waals surface area contributed by atoms with Crippen molar-refractivity contribution in [2.45, 2.75) is 52.6 Å². The van der Waals surface area contributed by atoms with Crippen LogP contribution in [0.2, 0.25) is 0 Å². The lowest BCUT2D eigenvalue weighted by Gasteiger charge is -2.28. The van der Waals surface area contributed by atoms with Crippen LogP contribution in [0.4, 0.5) is 0 Å². The van der Waals surface area contributed by atoms with Gasteiger partial charge in [-0.2, -0.15) is 0 Å². The number of benzene rings is 1. The predicted molar refractivity (Wildman–Crippen MR) is 116 cm³/mol. The molecular weight excluding hydrogens is 388 g/mol. The molecule has 6 nitrogen and oxygen atoms in total. The first kappa shape index (κ1) is 21.8. The molecule has 1 atom stereocenters. The fourth-order valence-electron chi connectivity index (χ4n) is 4.22. The Balaban J connectivity index is 1.94. The van der Waals surface area contributed by atoms with Gasteiger partial charge in [-0.15, -0.1) is 0 Å². The number of carbonyl (C=O) groups excluding carboxylic acids is 1. The summed E-state index contributed by atoms with van der Waals surface area (Å²) in [6, 6.07) is 5.62. The number of hydrogen-bond acceptors (Lipinski definition) is 4. The minimum absolute atomic E-state index is 0.0656. The van der Waals surface area contributed by atoms with Crippen molar-refractivity contribution in [3.8, 4) is 0 Å². The first-order chi connectivity index (χ1) is 13.8. The van der Waals surface area contributed by atoms with Gasteiger partial charge in [0.1, 0.15) is 0 Å². The highest BCUT2D eigenvalue weighted by Crippen LogP contribution is 2.28. The molecule has 1 aliphatic rings. The molecule has 1 aliphatic heterocycles. The summed E-state index contributed by atoms with van der Waals surface area (Å²) in [5.74, 6) is 0.188. The molecular formula is C22H32N2O4S. The van der Waals surface area contributed by atoms with E-state index < -0.39 is 9.84 Å². The Labute approximate surface area is 173 Å². The number of rotatable bonds is 8. The van der Waals surface area contributed by atoms with E-state index in [2.05, 4.69) is 25.3 Å². The Morgan fingerprint density at radius 3 is 2.69 bits per heavy atom. The molecule has 29 heavy (non-hydrogen) atoms. The number of hydrogen-bond donors (Lipinski definition) is 0. The number of aryl methyl sites for hydroxylation is 1. The van der Waals surface area contributed by atoms with Crippen LogP contribution in [-0.2, 0) is 21.1 Å². The Bertz CT molecular complexity index is 994. The minimum Gasteiger partial charge on any atom is -0.383 e. The van der Waals surface area contributed by atoms with Gasteiger partial charge in [0.05, 0.1) is 18.1 Å². The molecule has 0 aliphatic carbocycles. The number of ether oxygens (including phenoxy) is 1. The van der Waals surface area contributed by atoms with Gasteiger partial charge in [-0.1, -0.05) is 13.3 Å². The van der Waals surface area contributed by atoms with Crippen LogP contribution in [0.15, 0.2) is 18.2 Å². The molecule has 0 saturated carbocycles. The number of amides is 1. The fraction of sp³-hybridized carbons (Fsp3) is 0.591. The van der Waals surface area contributed by atoms with E-state index in [0.29, 0.717) is 25.1 Å². The standard InChI is InChI=1S/C22H32N2O4S/c1-5-6-10-24(19-9-13-29(26,27)15-19)22(25)18-7-8-21-20(14-18)16(2)17(3)23(21)11-12-28-4/h7-8,14,19H,5-6,9-13,15H2,1-4H3. The Morgan fingerprint density at radius 2 is 2.07 bits per heavy atom.